The number of carboxylic acids is 1. The molecule has 2 N–H and O–H groups in total. The minimum Gasteiger partial charge on any atom is -0.479 e. The van der Waals surface area contributed by atoms with Crippen LogP contribution in [0.25, 0.3) is 11.3 Å². The van der Waals surface area contributed by atoms with Gasteiger partial charge in [-0.1, -0.05) is 50.1 Å². The second-order valence-electron chi connectivity index (χ2n) is 7.72. The van der Waals surface area contributed by atoms with Crippen molar-refractivity contribution < 1.29 is 19.4 Å². The van der Waals surface area contributed by atoms with Gasteiger partial charge in [-0.15, -0.1) is 0 Å². The fourth-order valence-corrected chi connectivity index (χ4v) is 3.25. The van der Waals surface area contributed by atoms with Crippen LogP contribution in [0.1, 0.15) is 45.6 Å². The largest absolute Gasteiger partial charge is 0.479 e. The van der Waals surface area contributed by atoms with Crippen molar-refractivity contribution in [3.8, 4) is 11.3 Å². The molecule has 0 saturated heterocycles. The zero-order valence-corrected chi connectivity index (χ0v) is 18.9. The number of aromatic nitrogens is 1. The Bertz CT molecular complexity index is 869. The van der Waals surface area contributed by atoms with Gasteiger partial charge in [0.2, 0.25) is 0 Å². The number of anilines is 1. The molecule has 7 heteroatoms. The quantitative estimate of drug-likeness (QED) is 0.515. The average molecular weight is 428 g/mol. The first-order valence-corrected chi connectivity index (χ1v) is 10.8. The Kier molecular flexibility index (Phi) is 9.00. The van der Waals surface area contributed by atoms with E-state index in [-0.39, 0.29) is 12.5 Å². The summed E-state index contributed by atoms with van der Waals surface area (Å²) in [5.74, 6) is -0.423. The van der Waals surface area contributed by atoms with Crippen LogP contribution in [-0.4, -0.2) is 47.9 Å². The summed E-state index contributed by atoms with van der Waals surface area (Å²) in [6, 6.07) is 12.9. The van der Waals surface area contributed by atoms with Gasteiger partial charge in [-0.3, -0.25) is 4.90 Å². The summed E-state index contributed by atoms with van der Waals surface area (Å²) in [5, 5.41) is 12.4. The third-order valence-corrected chi connectivity index (χ3v) is 5.15. The number of nitrogens with zero attached hydrogens (tertiary/aromatic N) is 2. The molecule has 0 aliphatic rings. The van der Waals surface area contributed by atoms with Crippen molar-refractivity contribution >= 4 is 17.8 Å². The Hall–Kier alpha value is -2.93. The van der Waals surface area contributed by atoms with Gasteiger partial charge in [0.1, 0.15) is 5.82 Å². The number of unbranched alkanes of at least 4 members (excludes halogenated alkanes) is 2. The molecular weight excluding hydrogens is 394 g/mol. The molecule has 1 aromatic carbocycles. The first kappa shape index (κ1) is 24.3. The normalized spacial score (nSPS) is 12.8. The lowest BCUT2D eigenvalue weighted by molar-refractivity contribution is -0.162. The predicted octanol–water partition coefficient (Wildman–Crippen LogP) is 4.51. The minimum atomic E-state index is -1.26. The molecule has 31 heavy (non-hydrogen) atoms. The Labute approximate surface area is 184 Å². The lowest BCUT2D eigenvalue weighted by Crippen LogP contribution is -2.40. The highest BCUT2D eigenvalue weighted by atomic mass is 16.5. The highest BCUT2D eigenvalue weighted by Crippen LogP contribution is 2.23. The molecule has 0 spiro atoms. The molecule has 7 nitrogen and oxygen atoms in total. The molecule has 2 rings (SSSR count). The van der Waals surface area contributed by atoms with E-state index in [1.165, 1.54) is 4.90 Å². The molecule has 1 atom stereocenters. The summed E-state index contributed by atoms with van der Waals surface area (Å²) in [6.45, 7) is 6.47. The minimum absolute atomic E-state index is 0.181. The fourth-order valence-electron chi connectivity index (χ4n) is 3.25. The molecule has 1 unspecified atom stereocenters. The number of amides is 2. The number of carbonyl (C=O) groups is 2. The number of hydrogen-bond acceptors (Lipinski definition) is 4. The second kappa shape index (κ2) is 11.5. The van der Waals surface area contributed by atoms with Gasteiger partial charge in [-0.2, -0.15) is 0 Å². The number of ether oxygens (including phenoxy) is 1. The highest BCUT2D eigenvalue weighted by Gasteiger charge is 2.33. The number of rotatable bonds is 11. The zero-order valence-electron chi connectivity index (χ0n) is 18.9. The fraction of sp³-hybridized carbons (Fsp3) is 0.458. The standard InChI is InChI=1S/C24H33N3O4/c1-5-7-8-16-25-23(30)27(4)21-11-9-10-20(26-21)19-14-12-18(13-15-19)17-24(3,22(28)29)31-6-2/h9-15H,5-8,16-17H2,1-4H3,(H,25,30)(H,28,29). The smallest absolute Gasteiger partial charge is 0.336 e. The van der Waals surface area contributed by atoms with E-state index in [1.54, 1.807) is 27.0 Å². The molecule has 0 aliphatic heterocycles. The van der Waals surface area contributed by atoms with Crippen molar-refractivity contribution in [3.05, 3.63) is 48.0 Å². The molecule has 0 bridgehead atoms. The molecule has 0 fully saturated rings. The Balaban J connectivity index is 2.10. The van der Waals surface area contributed by atoms with Crippen molar-refractivity contribution in [1.29, 1.82) is 0 Å². The Morgan fingerprint density at radius 2 is 1.84 bits per heavy atom. The van der Waals surface area contributed by atoms with Gasteiger partial charge in [0.05, 0.1) is 5.69 Å². The lowest BCUT2D eigenvalue weighted by Gasteiger charge is -2.24. The summed E-state index contributed by atoms with van der Waals surface area (Å²) in [4.78, 5) is 30.1. The third kappa shape index (κ3) is 6.79. The van der Waals surface area contributed by atoms with Crippen molar-refractivity contribution in [3.63, 3.8) is 0 Å². The first-order valence-electron chi connectivity index (χ1n) is 10.8. The molecule has 1 heterocycles. The van der Waals surface area contributed by atoms with E-state index in [0.717, 1.165) is 36.1 Å². The number of pyridine rings is 1. The highest BCUT2D eigenvalue weighted by molar-refractivity contribution is 5.90. The molecule has 0 saturated carbocycles. The van der Waals surface area contributed by atoms with E-state index in [2.05, 4.69) is 17.2 Å². The van der Waals surface area contributed by atoms with E-state index in [1.807, 2.05) is 36.4 Å². The number of urea groups is 1. The number of nitrogens with one attached hydrogen (secondary N) is 1. The van der Waals surface area contributed by atoms with Gasteiger partial charge in [0.25, 0.3) is 0 Å². The van der Waals surface area contributed by atoms with Crippen LogP contribution < -0.4 is 10.2 Å². The van der Waals surface area contributed by atoms with Crippen molar-refractivity contribution in [2.75, 3.05) is 25.1 Å². The van der Waals surface area contributed by atoms with Gasteiger partial charge in [0.15, 0.2) is 5.60 Å². The summed E-state index contributed by atoms with van der Waals surface area (Å²) >= 11 is 0. The second-order valence-corrected chi connectivity index (χ2v) is 7.72. The van der Waals surface area contributed by atoms with Crippen LogP contribution >= 0.6 is 0 Å². The van der Waals surface area contributed by atoms with Gasteiger partial charge in [-0.25, -0.2) is 14.6 Å². The maximum absolute atomic E-state index is 12.4. The number of hydrogen-bond donors (Lipinski definition) is 2. The van der Waals surface area contributed by atoms with E-state index >= 15 is 0 Å². The van der Waals surface area contributed by atoms with Crippen LogP contribution in [0.2, 0.25) is 0 Å². The summed E-state index contributed by atoms with van der Waals surface area (Å²) in [5.41, 5.74) is 1.22. The van der Waals surface area contributed by atoms with E-state index in [9.17, 15) is 14.7 Å². The maximum Gasteiger partial charge on any atom is 0.336 e. The zero-order chi connectivity index (χ0) is 22.9. The van der Waals surface area contributed by atoms with E-state index < -0.39 is 11.6 Å². The Morgan fingerprint density at radius 1 is 1.13 bits per heavy atom. The average Bonchev–Trinajstić information content (AvgIpc) is 2.76. The molecule has 0 radical (unpaired) electrons. The Morgan fingerprint density at radius 3 is 2.45 bits per heavy atom. The number of carbonyl (C=O) groups excluding carboxylic acids is 1. The van der Waals surface area contributed by atoms with Crippen LogP contribution in [-0.2, 0) is 16.0 Å². The number of aliphatic carboxylic acids is 1. The van der Waals surface area contributed by atoms with Crippen LogP contribution in [0.5, 0.6) is 0 Å². The SMILES string of the molecule is CCCCCNC(=O)N(C)c1cccc(-c2ccc(CC(C)(OCC)C(=O)O)cc2)n1. The molecule has 0 aliphatic carbocycles. The van der Waals surface area contributed by atoms with Crippen molar-refractivity contribution in [2.24, 2.45) is 0 Å². The monoisotopic (exact) mass is 427 g/mol. The molecular formula is C24H33N3O4. The van der Waals surface area contributed by atoms with Gasteiger partial charge in [-0.05, 0) is 38.0 Å². The van der Waals surface area contributed by atoms with Gasteiger partial charge < -0.3 is 15.2 Å². The third-order valence-electron chi connectivity index (χ3n) is 5.15. The van der Waals surface area contributed by atoms with Crippen LogP contribution in [0.4, 0.5) is 10.6 Å². The summed E-state index contributed by atoms with van der Waals surface area (Å²) in [6.07, 6.45) is 3.42. The molecule has 2 aromatic rings. The topological polar surface area (TPSA) is 91.8 Å². The van der Waals surface area contributed by atoms with Gasteiger partial charge >= 0.3 is 12.0 Å². The molecule has 1 aromatic heterocycles. The number of carboxylic acid groups (broad SMARTS) is 1. The van der Waals surface area contributed by atoms with Crippen LogP contribution in [0.15, 0.2) is 42.5 Å². The van der Waals surface area contributed by atoms with Gasteiger partial charge in [0, 0.05) is 32.2 Å². The maximum atomic E-state index is 12.4. The van der Waals surface area contributed by atoms with E-state index in [0.29, 0.717) is 19.0 Å². The first-order chi connectivity index (χ1) is 14.8. The molecule has 168 valence electrons. The van der Waals surface area contributed by atoms with Crippen molar-refractivity contribution in [2.45, 2.75) is 52.1 Å². The lowest BCUT2D eigenvalue weighted by atomic mass is 9.95. The summed E-state index contributed by atoms with van der Waals surface area (Å²) < 4.78 is 5.46. The van der Waals surface area contributed by atoms with Crippen LogP contribution in [0, 0.1) is 0 Å². The van der Waals surface area contributed by atoms with E-state index in [4.69, 9.17) is 4.74 Å². The van der Waals surface area contributed by atoms with Crippen LogP contribution in [0.3, 0.4) is 0 Å². The predicted molar refractivity (Wildman–Crippen MR) is 122 cm³/mol. The number of benzene rings is 1. The molecule has 2 amide bonds. The van der Waals surface area contributed by atoms with Crippen molar-refractivity contribution in [1.82, 2.24) is 10.3 Å². The summed E-state index contributed by atoms with van der Waals surface area (Å²) in [7, 11) is 1.70.